The molecular formula is C31H36N4O6S. The summed E-state index contributed by atoms with van der Waals surface area (Å²) in [7, 11) is -4.00. The van der Waals surface area contributed by atoms with Crippen LogP contribution in [-0.2, 0) is 35.6 Å². The Morgan fingerprint density at radius 2 is 1.52 bits per heavy atom. The normalized spacial score (nSPS) is 14.9. The van der Waals surface area contributed by atoms with E-state index in [1.165, 1.54) is 35.5 Å². The van der Waals surface area contributed by atoms with Crippen molar-refractivity contribution < 1.29 is 27.5 Å². The van der Waals surface area contributed by atoms with E-state index in [0.717, 1.165) is 29.9 Å². The van der Waals surface area contributed by atoms with E-state index >= 15 is 0 Å². The number of rotatable bonds is 11. The van der Waals surface area contributed by atoms with Crippen molar-refractivity contribution in [3.63, 3.8) is 0 Å². The molecule has 10 nitrogen and oxygen atoms in total. The summed E-state index contributed by atoms with van der Waals surface area (Å²) in [6, 6.07) is 19.9. The number of carbonyl (C=O) groups excluding carboxylic acids is 3. The Bertz CT molecular complexity index is 1520. The molecule has 0 saturated heterocycles. The second-order valence-corrected chi connectivity index (χ2v) is 11.8. The first-order chi connectivity index (χ1) is 20.1. The van der Waals surface area contributed by atoms with Crippen molar-refractivity contribution in [1.82, 2.24) is 4.31 Å². The molecule has 11 heteroatoms. The topological polar surface area (TPSA) is 125 Å². The van der Waals surface area contributed by atoms with Crippen molar-refractivity contribution in [2.45, 2.75) is 44.6 Å². The monoisotopic (exact) mass is 592 g/mol. The number of sulfonamides is 1. The minimum absolute atomic E-state index is 0.0424. The molecule has 0 aliphatic carbocycles. The van der Waals surface area contributed by atoms with Gasteiger partial charge in [0, 0.05) is 43.6 Å². The van der Waals surface area contributed by atoms with Gasteiger partial charge in [-0.15, -0.1) is 0 Å². The molecule has 1 aliphatic rings. The molecule has 4 rings (SSSR count). The zero-order chi connectivity index (χ0) is 30.3. The van der Waals surface area contributed by atoms with Crippen molar-refractivity contribution in [1.29, 1.82) is 0 Å². The zero-order valence-electron chi connectivity index (χ0n) is 24.0. The molecule has 3 aromatic rings. The van der Waals surface area contributed by atoms with Crippen LogP contribution in [0.4, 0.5) is 17.1 Å². The molecule has 0 radical (unpaired) electrons. The lowest BCUT2D eigenvalue weighted by atomic mass is 9.92. The van der Waals surface area contributed by atoms with Crippen LogP contribution in [-0.4, -0.2) is 56.7 Å². The maximum Gasteiger partial charge on any atom is 0.308 e. The maximum absolute atomic E-state index is 13.7. The number of benzene rings is 3. The molecule has 2 amide bonds. The van der Waals surface area contributed by atoms with E-state index in [4.69, 9.17) is 4.74 Å². The zero-order valence-corrected chi connectivity index (χ0v) is 24.8. The van der Waals surface area contributed by atoms with Crippen molar-refractivity contribution >= 4 is 44.9 Å². The highest BCUT2D eigenvalue weighted by Gasteiger charge is 2.38. The lowest BCUT2D eigenvalue weighted by Crippen LogP contribution is -2.41. The average molecular weight is 593 g/mol. The van der Waals surface area contributed by atoms with Gasteiger partial charge in [0.15, 0.2) is 6.61 Å². The number of hydrogen-bond donors (Lipinski definition) is 2. The number of nitrogens with zero attached hydrogens (tertiary/aromatic N) is 2. The molecule has 2 N–H and O–H groups in total. The van der Waals surface area contributed by atoms with Crippen LogP contribution in [0.25, 0.3) is 0 Å². The number of esters is 1. The van der Waals surface area contributed by atoms with Crippen molar-refractivity contribution in [3.8, 4) is 0 Å². The molecule has 1 unspecified atom stereocenters. The summed E-state index contributed by atoms with van der Waals surface area (Å²) in [5.41, 5.74) is 3.77. The summed E-state index contributed by atoms with van der Waals surface area (Å²) in [4.78, 5) is 39.0. The van der Waals surface area contributed by atoms with Gasteiger partial charge in [0.25, 0.3) is 5.91 Å². The third kappa shape index (κ3) is 7.34. The Balaban J connectivity index is 1.44. The number of fused-ring (bicyclic) bond motifs is 1. The van der Waals surface area contributed by atoms with Gasteiger partial charge in [-0.25, -0.2) is 8.42 Å². The van der Waals surface area contributed by atoms with Crippen LogP contribution in [0.3, 0.4) is 0 Å². The predicted molar refractivity (Wildman–Crippen MR) is 162 cm³/mol. The first-order valence-electron chi connectivity index (χ1n) is 13.9. The highest BCUT2D eigenvalue weighted by molar-refractivity contribution is 7.89. The number of amides is 2. The molecule has 0 saturated carbocycles. The van der Waals surface area contributed by atoms with E-state index in [1.54, 1.807) is 18.2 Å². The Kier molecular flexibility index (Phi) is 9.97. The quantitative estimate of drug-likeness (QED) is 0.317. The first-order valence-corrected chi connectivity index (χ1v) is 15.3. The number of anilines is 3. The molecule has 1 aliphatic heterocycles. The third-order valence-electron chi connectivity index (χ3n) is 7.15. The van der Waals surface area contributed by atoms with E-state index < -0.39 is 34.5 Å². The summed E-state index contributed by atoms with van der Waals surface area (Å²) in [5.74, 6) is -1.45. The van der Waals surface area contributed by atoms with E-state index in [2.05, 4.69) is 29.4 Å². The molecule has 1 heterocycles. The van der Waals surface area contributed by atoms with Gasteiger partial charge in [0.1, 0.15) is 0 Å². The van der Waals surface area contributed by atoms with Crippen LogP contribution in [0.15, 0.2) is 77.7 Å². The van der Waals surface area contributed by atoms with Gasteiger partial charge in [-0.2, -0.15) is 4.31 Å². The van der Waals surface area contributed by atoms with Crippen LogP contribution in [0.1, 0.15) is 44.4 Å². The van der Waals surface area contributed by atoms with Crippen molar-refractivity contribution in [3.05, 3.63) is 83.9 Å². The standard InChI is InChI=1S/C31H36N4O6S/c1-4-34(5-2)26-14-10-25(11-15-26)33-30(37)21-41-31(38)20-29-28-9-7-6-8-23(28)18-19-35(29)42(39,40)27-16-12-24(13-17-27)32-22(3)36/h6-17,29H,4-5,18-21H2,1-3H3,(H,32,36)(H,33,37). The van der Waals surface area contributed by atoms with Crippen LogP contribution in [0.5, 0.6) is 0 Å². The molecule has 1 atom stereocenters. The Morgan fingerprint density at radius 1 is 0.905 bits per heavy atom. The number of nitrogens with one attached hydrogen (secondary N) is 2. The fourth-order valence-corrected chi connectivity index (χ4v) is 6.69. The molecule has 0 spiro atoms. The summed E-state index contributed by atoms with van der Waals surface area (Å²) in [6.45, 7) is 6.92. The molecule has 42 heavy (non-hydrogen) atoms. The minimum Gasteiger partial charge on any atom is -0.456 e. The van der Waals surface area contributed by atoms with Crippen LogP contribution >= 0.6 is 0 Å². The van der Waals surface area contributed by atoms with Gasteiger partial charge >= 0.3 is 5.97 Å². The summed E-state index contributed by atoms with van der Waals surface area (Å²) < 4.78 is 34.0. The second kappa shape index (κ2) is 13.6. The maximum atomic E-state index is 13.7. The van der Waals surface area contributed by atoms with E-state index in [9.17, 15) is 22.8 Å². The number of carbonyl (C=O) groups is 3. The van der Waals surface area contributed by atoms with Gasteiger partial charge in [-0.3, -0.25) is 14.4 Å². The van der Waals surface area contributed by atoms with E-state index in [0.29, 0.717) is 17.8 Å². The van der Waals surface area contributed by atoms with Crippen molar-refractivity contribution in [2.24, 2.45) is 0 Å². The fraction of sp³-hybridized carbons (Fsp3) is 0.323. The molecule has 3 aromatic carbocycles. The summed E-state index contributed by atoms with van der Waals surface area (Å²) in [6.07, 6.45) is 0.229. The van der Waals surface area contributed by atoms with Gasteiger partial charge in [0.2, 0.25) is 15.9 Å². The first kappa shape index (κ1) is 30.7. The third-order valence-corrected chi connectivity index (χ3v) is 9.07. The van der Waals surface area contributed by atoms with E-state index in [-0.39, 0.29) is 23.8 Å². The smallest absolute Gasteiger partial charge is 0.308 e. The Labute approximate surface area is 246 Å². The van der Waals surface area contributed by atoms with Gasteiger partial charge in [-0.1, -0.05) is 24.3 Å². The summed E-state index contributed by atoms with van der Waals surface area (Å²) >= 11 is 0. The van der Waals surface area contributed by atoms with Crippen LogP contribution in [0, 0.1) is 0 Å². The molecule has 0 aromatic heterocycles. The number of hydrogen-bond acceptors (Lipinski definition) is 7. The van der Waals surface area contributed by atoms with E-state index in [1.807, 2.05) is 30.3 Å². The SMILES string of the molecule is CCN(CC)c1ccc(NC(=O)COC(=O)CC2c3ccccc3CCN2S(=O)(=O)c2ccc(NC(C)=O)cc2)cc1. The number of ether oxygens (including phenoxy) is 1. The molecule has 0 fully saturated rings. The van der Waals surface area contributed by atoms with Crippen molar-refractivity contribution in [2.75, 3.05) is 41.8 Å². The lowest BCUT2D eigenvalue weighted by Gasteiger charge is -2.36. The largest absolute Gasteiger partial charge is 0.456 e. The molecule has 222 valence electrons. The van der Waals surface area contributed by atoms with Crippen LogP contribution < -0.4 is 15.5 Å². The Hall–Kier alpha value is -4.22. The lowest BCUT2D eigenvalue weighted by molar-refractivity contribution is -0.148. The molecule has 0 bridgehead atoms. The van der Waals surface area contributed by atoms with Gasteiger partial charge in [-0.05, 0) is 79.9 Å². The second-order valence-electron chi connectivity index (χ2n) is 9.92. The van der Waals surface area contributed by atoms with Gasteiger partial charge in [0.05, 0.1) is 17.4 Å². The van der Waals surface area contributed by atoms with Gasteiger partial charge < -0.3 is 20.3 Å². The minimum atomic E-state index is -4.00. The Morgan fingerprint density at radius 3 is 2.17 bits per heavy atom. The molecular weight excluding hydrogens is 556 g/mol. The highest BCUT2D eigenvalue weighted by Crippen LogP contribution is 2.36. The van der Waals surface area contributed by atoms with Crippen LogP contribution in [0.2, 0.25) is 0 Å². The summed E-state index contributed by atoms with van der Waals surface area (Å²) in [5, 5.41) is 5.34. The average Bonchev–Trinajstić information content (AvgIpc) is 2.97. The fourth-order valence-electron chi connectivity index (χ4n) is 5.08. The highest BCUT2D eigenvalue weighted by atomic mass is 32.2. The predicted octanol–water partition coefficient (Wildman–Crippen LogP) is 4.35.